The van der Waals surface area contributed by atoms with Crippen molar-refractivity contribution in [2.24, 2.45) is 0 Å². The van der Waals surface area contributed by atoms with E-state index in [1.54, 1.807) is 14.2 Å². The maximum absolute atomic E-state index is 12.1. The van der Waals surface area contributed by atoms with Crippen LogP contribution in [0.3, 0.4) is 0 Å². The van der Waals surface area contributed by atoms with Gasteiger partial charge in [-0.05, 0) is 37.1 Å². The summed E-state index contributed by atoms with van der Waals surface area (Å²) in [6, 6.07) is 15.4. The van der Waals surface area contributed by atoms with Gasteiger partial charge in [-0.1, -0.05) is 30.3 Å². The van der Waals surface area contributed by atoms with Crippen LogP contribution in [0.25, 0.3) is 0 Å². The summed E-state index contributed by atoms with van der Waals surface area (Å²) in [4.78, 5) is 12.1. The zero-order valence-corrected chi connectivity index (χ0v) is 13.8. The maximum atomic E-state index is 12.1. The first-order valence-corrected chi connectivity index (χ1v) is 7.69. The fourth-order valence-electron chi connectivity index (χ4n) is 2.47. The van der Waals surface area contributed by atoms with Gasteiger partial charge < -0.3 is 14.8 Å². The number of amides is 1. The second-order valence-electron chi connectivity index (χ2n) is 5.38. The Morgan fingerprint density at radius 1 is 1.04 bits per heavy atom. The number of hydrogen-bond donors (Lipinski definition) is 1. The zero-order chi connectivity index (χ0) is 16.7. The van der Waals surface area contributed by atoms with Crippen LogP contribution < -0.4 is 14.8 Å². The third-order valence-electron chi connectivity index (χ3n) is 3.78. The SMILES string of the molecule is COc1ccc(CCC(=O)N[C@H](C)c2ccccc2OC)cc1. The summed E-state index contributed by atoms with van der Waals surface area (Å²) < 4.78 is 10.5. The van der Waals surface area contributed by atoms with Crippen molar-refractivity contribution in [1.82, 2.24) is 5.32 Å². The first-order valence-electron chi connectivity index (χ1n) is 7.69. The topological polar surface area (TPSA) is 47.6 Å². The summed E-state index contributed by atoms with van der Waals surface area (Å²) in [5.74, 6) is 1.64. The molecule has 122 valence electrons. The molecule has 0 heterocycles. The first-order chi connectivity index (χ1) is 11.1. The van der Waals surface area contributed by atoms with Crippen LogP contribution in [0.5, 0.6) is 11.5 Å². The van der Waals surface area contributed by atoms with Crippen molar-refractivity contribution in [3.63, 3.8) is 0 Å². The lowest BCUT2D eigenvalue weighted by Crippen LogP contribution is -2.27. The van der Waals surface area contributed by atoms with Gasteiger partial charge in [0.05, 0.1) is 20.3 Å². The van der Waals surface area contributed by atoms with Crippen LogP contribution >= 0.6 is 0 Å². The Morgan fingerprint density at radius 3 is 2.39 bits per heavy atom. The molecular weight excluding hydrogens is 290 g/mol. The van der Waals surface area contributed by atoms with Crippen molar-refractivity contribution in [2.75, 3.05) is 14.2 Å². The van der Waals surface area contributed by atoms with Crippen LogP contribution in [0, 0.1) is 0 Å². The second-order valence-corrected chi connectivity index (χ2v) is 5.38. The Labute approximate surface area is 137 Å². The molecule has 0 saturated carbocycles. The molecule has 0 unspecified atom stereocenters. The van der Waals surface area contributed by atoms with E-state index in [1.807, 2.05) is 55.5 Å². The number of para-hydroxylation sites is 1. The summed E-state index contributed by atoms with van der Waals surface area (Å²) in [6.45, 7) is 1.96. The fraction of sp³-hybridized carbons (Fsp3) is 0.316. The predicted molar refractivity (Wildman–Crippen MR) is 90.9 cm³/mol. The van der Waals surface area contributed by atoms with E-state index in [4.69, 9.17) is 9.47 Å². The maximum Gasteiger partial charge on any atom is 0.220 e. The second kappa shape index (κ2) is 8.22. The summed E-state index contributed by atoms with van der Waals surface area (Å²) in [7, 11) is 3.28. The van der Waals surface area contributed by atoms with Gasteiger partial charge in [-0.2, -0.15) is 0 Å². The van der Waals surface area contributed by atoms with Crippen molar-refractivity contribution >= 4 is 5.91 Å². The Morgan fingerprint density at radius 2 is 1.74 bits per heavy atom. The molecule has 0 fully saturated rings. The average molecular weight is 313 g/mol. The van der Waals surface area contributed by atoms with E-state index < -0.39 is 0 Å². The Bertz CT molecular complexity index is 637. The van der Waals surface area contributed by atoms with Crippen LogP contribution in [-0.2, 0) is 11.2 Å². The third kappa shape index (κ3) is 4.74. The summed E-state index contributed by atoms with van der Waals surface area (Å²) in [5.41, 5.74) is 2.10. The van der Waals surface area contributed by atoms with E-state index in [0.29, 0.717) is 12.8 Å². The smallest absolute Gasteiger partial charge is 0.220 e. The van der Waals surface area contributed by atoms with Crippen molar-refractivity contribution in [3.8, 4) is 11.5 Å². The summed E-state index contributed by atoms with van der Waals surface area (Å²) >= 11 is 0. The lowest BCUT2D eigenvalue weighted by Gasteiger charge is -2.17. The molecule has 23 heavy (non-hydrogen) atoms. The number of carbonyl (C=O) groups excluding carboxylic acids is 1. The van der Waals surface area contributed by atoms with Gasteiger partial charge in [0.25, 0.3) is 0 Å². The van der Waals surface area contributed by atoms with E-state index in [0.717, 1.165) is 22.6 Å². The number of methoxy groups -OCH3 is 2. The van der Waals surface area contributed by atoms with Gasteiger partial charge in [0.2, 0.25) is 5.91 Å². The number of nitrogens with one attached hydrogen (secondary N) is 1. The zero-order valence-electron chi connectivity index (χ0n) is 13.8. The molecule has 0 bridgehead atoms. The van der Waals surface area contributed by atoms with E-state index in [9.17, 15) is 4.79 Å². The van der Waals surface area contributed by atoms with E-state index in [2.05, 4.69) is 5.32 Å². The number of carbonyl (C=O) groups is 1. The highest BCUT2D eigenvalue weighted by atomic mass is 16.5. The molecule has 1 atom stereocenters. The molecule has 0 spiro atoms. The van der Waals surface area contributed by atoms with Crippen LogP contribution in [0.15, 0.2) is 48.5 Å². The largest absolute Gasteiger partial charge is 0.497 e. The molecule has 4 nitrogen and oxygen atoms in total. The van der Waals surface area contributed by atoms with Crippen molar-refractivity contribution < 1.29 is 14.3 Å². The molecule has 4 heteroatoms. The van der Waals surface area contributed by atoms with Crippen molar-refractivity contribution in [2.45, 2.75) is 25.8 Å². The Kier molecular flexibility index (Phi) is 6.03. The number of aryl methyl sites for hydroxylation is 1. The van der Waals surface area contributed by atoms with Crippen LogP contribution in [0.2, 0.25) is 0 Å². The van der Waals surface area contributed by atoms with Gasteiger partial charge in [0, 0.05) is 12.0 Å². The van der Waals surface area contributed by atoms with Gasteiger partial charge in [-0.15, -0.1) is 0 Å². The number of benzene rings is 2. The molecule has 1 amide bonds. The van der Waals surface area contributed by atoms with E-state index in [1.165, 1.54) is 0 Å². The predicted octanol–water partition coefficient (Wildman–Crippen LogP) is 3.51. The fourth-order valence-corrected chi connectivity index (χ4v) is 2.47. The van der Waals surface area contributed by atoms with Gasteiger partial charge in [0.1, 0.15) is 11.5 Å². The highest BCUT2D eigenvalue weighted by Crippen LogP contribution is 2.24. The lowest BCUT2D eigenvalue weighted by atomic mass is 10.1. The molecule has 0 aliphatic rings. The lowest BCUT2D eigenvalue weighted by molar-refractivity contribution is -0.121. The minimum Gasteiger partial charge on any atom is -0.497 e. The average Bonchev–Trinajstić information content (AvgIpc) is 2.60. The quantitative estimate of drug-likeness (QED) is 0.851. The minimum absolute atomic E-state index is 0.0271. The Balaban J connectivity index is 1.88. The molecule has 2 aromatic rings. The molecular formula is C19H23NO3. The monoisotopic (exact) mass is 313 g/mol. The highest BCUT2D eigenvalue weighted by Gasteiger charge is 2.13. The van der Waals surface area contributed by atoms with Crippen LogP contribution in [0.1, 0.15) is 30.5 Å². The van der Waals surface area contributed by atoms with E-state index in [-0.39, 0.29) is 11.9 Å². The first kappa shape index (κ1) is 16.9. The number of ether oxygens (including phenoxy) is 2. The van der Waals surface area contributed by atoms with Crippen LogP contribution in [0.4, 0.5) is 0 Å². The molecule has 0 radical (unpaired) electrons. The summed E-state index contributed by atoms with van der Waals surface area (Å²) in [6.07, 6.45) is 1.15. The highest BCUT2D eigenvalue weighted by molar-refractivity contribution is 5.76. The number of rotatable bonds is 7. The molecule has 2 aromatic carbocycles. The molecule has 0 saturated heterocycles. The van der Waals surface area contributed by atoms with Crippen molar-refractivity contribution in [1.29, 1.82) is 0 Å². The van der Waals surface area contributed by atoms with Gasteiger partial charge in [-0.25, -0.2) is 0 Å². The molecule has 1 N–H and O–H groups in total. The minimum atomic E-state index is -0.0884. The van der Waals surface area contributed by atoms with E-state index >= 15 is 0 Å². The van der Waals surface area contributed by atoms with Gasteiger partial charge >= 0.3 is 0 Å². The molecule has 0 aromatic heterocycles. The third-order valence-corrected chi connectivity index (χ3v) is 3.78. The summed E-state index contributed by atoms with van der Waals surface area (Å²) in [5, 5.41) is 3.02. The van der Waals surface area contributed by atoms with Crippen molar-refractivity contribution in [3.05, 3.63) is 59.7 Å². The van der Waals surface area contributed by atoms with Crippen LogP contribution in [-0.4, -0.2) is 20.1 Å². The molecule has 2 rings (SSSR count). The Hall–Kier alpha value is -2.49. The number of hydrogen-bond acceptors (Lipinski definition) is 3. The molecule has 0 aliphatic carbocycles. The normalized spacial score (nSPS) is 11.6. The van der Waals surface area contributed by atoms with Gasteiger partial charge in [0.15, 0.2) is 0 Å². The van der Waals surface area contributed by atoms with Gasteiger partial charge in [-0.3, -0.25) is 4.79 Å². The molecule has 0 aliphatic heterocycles. The standard InChI is InChI=1S/C19H23NO3/c1-14(17-6-4-5-7-18(17)23-3)20-19(21)13-10-15-8-11-16(22-2)12-9-15/h4-9,11-12,14H,10,13H2,1-3H3,(H,20,21)/t14-/m1/s1.